The molecule has 113 heavy (non-hydrogen) atoms. The molecule has 0 aromatic heterocycles. The van der Waals surface area contributed by atoms with Crippen molar-refractivity contribution in [3.8, 4) is 62.9 Å². The van der Waals surface area contributed by atoms with Crippen molar-refractivity contribution in [3.63, 3.8) is 0 Å². The number of nitrogens with one attached hydrogen (secondary N) is 3. The lowest BCUT2D eigenvalue weighted by Crippen LogP contribution is -2.29. The van der Waals surface area contributed by atoms with Crippen LogP contribution >= 0.6 is 0 Å². The van der Waals surface area contributed by atoms with Crippen LogP contribution in [0.1, 0.15) is 141 Å². The zero-order chi connectivity index (χ0) is 79.0. The standard InChI is InChI=1S/C30H31NO6S.C29H28N2O6S.C29H26N2O5S/c1-18-14-22(35-13-12-30(3,4)33)15-19(2)28(18)24-7-5-6-23-25(17-36-29(23)24)37-21-10-8-20(9-11-21)26-16-27(32)31-38(26)34;1-31(16-17-35-2)29(33)20-8-12-22(13-9-20)36-25-5-3-4-23-24(25)14-15-26(23)37-21-10-6-19(7-11-21)27-18-28(32)30-38(27)34;32-28-18-27(37(34)30-28)19-6-10-21(11-7-19)36-26-15-14-24-23(26)4-3-5-25(24)35-22-12-8-20(9-13-22)29(33)31-16-1-2-17-31/h5-11,14-16,25,33H,12-13,17H2,1-4H3,(H,31,32);3-13,18,26H,14-17H2,1-2H3,(H,30,32);3-13,18,26H,1-2,14-17H2,(H,30,32)/t;26-,38?;26-,37?/m.11/s1. The second-order valence-corrected chi connectivity index (χ2v) is 32.2. The van der Waals surface area contributed by atoms with Gasteiger partial charge in [-0.1, -0.05) is 78.9 Å². The molecule has 7 aliphatic rings. The predicted octanol–water partition coefficient (Wildman–Crippen LogP) is 14.5. The fraction of sp³-hybridized carbons (Fsp3) is 0.261. The molecule has 16 rings (SSSR count). The fourth-order valence-electron chi connectivity index (χ4n) is 14.4. The molecule has 22 nitrogen and oxygen atoms in total. The molecule has 4 unspecified atom stereocenters. The number of amides is 5. The van der Waals surface area contributed by atoms with Crippen LogP contribution in [-0.2, 0) is 64.9 Å². The Bertz CT molecular complexity index is 5270. The summed E-state index contributed by atoms with van der Waals surface area (Å²) in [5, 5.41) is 9.95. The van der Waals surface area contributed by atoms with Crippen LogP contribution < -0.4 is 47.3 Å². The molecule has 5 aliphatic heterocycles. The van der Waals surface area contributed by atoms with E-state index in [9.17, 15) is 41.7 Å². The van der Waals surface area contributed by atoms with Crippen LogP contribution in [-0.4, -0.2) is 116 Å². The number of nitrogens with zero attached hydrogens (tertiary/aromatic N) is 2. The van der Waals surface area contributed by atoms with Crippen molar-refractivity contribution in [3.05, 3.63) is 273 Å². The highest BCUT2D eigenvalue weighted by Gasteiger charge is 2.33. The first-order valence-electron chi connectivity index (χ1n) is 37.3. The minimum atomic E-state index is -1.53. The highest BCUT2D eigenvalue weighted by molar-refractivity contribution is 7.94. The van der Waals surface area contributed by atoms with E-state index in [1.54, 1.807) is 81.4 Å². The number of fused-ring (bicyclic) bond motifs is 3. The quantitative estimate of drug-likeness (QED) is 0.0463. The summed E-state index contributed by atoms with van der Waals surface area (Å²) in [7, 11) is -1.21. The van der Waals surface area contributed by atoms with Gasteiger partial charge >= 0.3 is 0 Å². The summed E-state index contributed by atoms with van der Waals surface area (Å²) in [5.74, 6) is 5.52. The molecule has 1 fully saturated rings. The minimum absolute atomic E-state index is 0.0689. The second kappa shape index (κ2) is 34.6. The summed E-state index contributed by atoms with van der Waals surface area (Å²) in [6, 6.07) is 58.3. The minimum Gasteiger partial charge on any atom is -0.493 e. The molecule has 9 aromatic carbocycles. The van der Waals surface area contributed by atoms with Gasteiger partial charge in [0.05, 0.1) is 33.5 Å². The molecule has 0 spiro atoms. The summed E-state index contributed by atoms with van der Waals surface area (Å²) in [6.45, 7) is 11.2. The van der Waals surface area contributed by atoms with Gasteiger partial charge in [-0.2, -0.15) is 0 Å². The number of rotatable bonds is 23. The van der Waals surface area contributed by atoms with E-state index in [0.717, 1.165) is 130 Å². The van der Waals surface area contributed by atoms with Gasteiger partial charge in [0.2, 0.25) is 0 Å². The van der Waals surface area contributed by atoms with Crippen molar-refractivity contribution in [2.75, 3.05) is 53.6 Å². The second-order valence-electron chi connectivity index (χ2n) is 28.7. The Kier molecular flexibility index (Phi) is 24.0. The van der Waals surface area contributed by atoms with E-state index < -0.39 is 38.6 Å². The molecule has 5 amide bonds. The van der Waals surface area contributed by atoms with Crippen molar-refractivity contribution in [2.24, 2.45) is 0 Å². The maximum atomic E-state index is 12.6. The Balaban J connectivity index is 0.000000141. The first kappa shape index (κ1) is 78.2. The third kappa shape index (κ3) is 18.5. The Hall–Kier alpha value is -11.5. The number of aliphatic hydroxyl groups is 1. The van der Waals surface area contributed by atoms with Crippen molar-refractivity contribution in [1.29, 1.82) is 0 Å². The Morgan fingerprint density at radius 2 is 0.965 bits per heavy atom. The Morgan fingerprint density at radius 3 is 1.40 bits per heavy atom. The van der Waals surface area contributed by atoms with Crippen LogP contribution in [0, 0.1) is 13.8 Å². The highest BCUT2D eigenvalue weighted by atomic mass is 32.2. The maximum Gasteiger partial charge on any atom is 0.257 e. The molecule has 0 bridgehead atoms. The number of hydrogen-bond acceptors (Lipinski definition) is 17. The summed E-state index contributed by atoms with van der Waals surface area (Å²) in [4.78, 5) is 64.5. The molecule has 4 N–H and O–H groups in total. The van der Waals surface area contributed by atoms with Gasteiger partial charge in [-0.05, 0) is 220 Å². The molecule has 6 atom stereocenters. The number of ether oxygens (including phenoxy) is 8. The molecule has 0 radical (unpaired) electrons. The van der Waals surface area contributed by atoms with E-state index in [1.807, 2.05) is 126 Å². The number of carbonyl (C=O) groups is 5. The zero-order valence-corrected chi connectivity index (χ0v) is 65.6. The van der Waals surface area contributed by atoms with Gasteiger partial charge in [0.1, 0.15) is 70.6 Å². The molecular formula is C88H85N5O17S3. The van der Waals surface area contributed by atoms with Crippen molar-refractivity contribution in [2.45, 2.75) is 96.6 Å². The van der Waals surface area contributed by atoms with Crippen LogP contribution in [0.3, 0.4) is 0 Å². The first-order chi connectivity index (χ1) is 54.6. The van der Waals surface area contributed by atoms with Crippen molar-refractivity contribution < 1.29 is 79.6 Å². The van der Waals surface area contributed by atoms with Crippen LogP contribution in [0.15, 0.2) is 206 Å². The smallest absolute Gasteiger partial charge is 0.257 e. The van der Waals surface area contributed by atoms with Gasteiger partial charge in [0, 0.05) is 91.8 Å². The monoisotopic (exact) mass is 1580 g/mol. The van der Waals surface area contributed by atoms with Gasteiger partial charge < -0.3 is 52.8 Å². The number of likely N-dealkylation sites (tertiary alicyclic amines) is 1. The van der Waals surface area contributed by atoms with Crippen LogP contribution in [0.2, 0.25) is 0 Å². The number of benzene rings is 9. The lowest BCUT2D eigenvalue weighted by Gasteiger charge is -2.19. The Morgan fingerprint density at radius 1 is 0.540 bits per heavy atom. The topological polar surface area (TPSA) is 273 Å². The molecule has 2 aliphatic carbocycles. The number of para-hydroxylation sites is 1. The van der Waals surface area contributed by atoms with Gasteiger partial charge in [-0.3, -0.25) is 38.1 Å². The summed E-state index contributed by atoms with van der Waals surface area (Å²) >= 11 is 0. The van der Waals surface area contributed by atoms with E-state index in [2.05, 4.69) is 46.2 Å². The lowest BCUT2D eigenvalue weighted by molar-refractivity contribution is -0.115. The molecule has 1 saturated heterocycles. The molecule has 9 aromatic rings. The van der Waals surface area contributed by atoms with Gasteiger partial charge in [0.15, 0.2) is 39.1 Å². The third-order valence-electron chi connectivity index (χ3n) is 20.1. The van der Waals surface area contributed by atoms with E-state index in [1.165, 1.54) is 18.2 Å². The van der Waals surface area contributed by atoms with Crippen molar-refractivity contribution >= 4 is 77.2 Å². The molecule has 5 heterocycles. The van der Waals surface area contributed by atoms with E-state index in [0.29, 0.717) is 98.5 Å². The number of aryl methyl sites for hydroxylation is 2. The summed E-state index contributed by atoms with van der Waals surface area (Å²) < 4.78 is 91.5. The predicted molar refractivity (Wildman–Crippen MR) is 432 cm³/mol. The Labute approximate surface area is 662 Å². The molecule has 582 valence electrons. The zero-order valence-electron chi connectivity index (χ0n) is 63.2. The number of hydrogen-bond donors (Lipinski definition) is 4. The fourth-order valence-corrected chi connectivity index (χ4v) is 17.2. The SMILES string of the molecule is COCCN(C)C(=O)c1ccc(Oc2cccc3c2CC[C@H]3Oc2ccc(C3=CC(=O)NS3=O)cc2)cc1.Cc1cc(OCCC(C)(C)O)cc(C)c1-c1cccc2c1OCC2Oc1ccc(C2=CC(=O)NS2=O)cc1.O=C1C=C(c2ccc(O[C@@H]3CCc4c(Oc5ccc(C(=O)N6CCCC6)cc5)cccc43)cc2)S(=O)N1. The summed E-state index contributed by atoms with van der Waals surface area (Å²) in [6.07, 6.45) is 9.55. The van der Waals surface area contributed by atoms with Crippen LogP contribution in [0.25, 0.3) is 25.8 Å². The number of methoxy groups -OCH3 is 1. The van der Waals surface area contributed by atoms with E-state index in [-0.39, 0.29) is 47.8 Å². The third-order valence-corrected chi connectivity index (χ3v) is 23.5. The largest absolute Gasteiger partial charge is 0.493 e. The van der Waals surface area contributed by atoms with Crippen LogP contribution in [0.4, 0.5) is 0 Å². The molecular weight excluding hydrogens is 1500 g/mol. The normalized spacial score (nSPS) is 18.9. The van der Waals surface area contributed by atoms with Crippen molar-refractivity contribution in [1.82, 2.24) is 24.0 Å². The van der Waals surface area contributed by atoms with Crippen LogP contribution in [0.5, 0.6) is 51.7 Å². The maximum absolute atomic E-state index is 12.6. The number of carbonyl (C=O) groups excluding carboxylic acids is 5. The van der Waals surface area contributed by atoms with E-state index >= 15 is 0 Å². The molecule has 0 saturated carbocycles. The van der Waals surface area contributed by atoms with Gasteiger partial charge in [-0.15, -0.1) is 0 Å². The average Bonchev–Trinajstić information content (AvgIpc) is 1.71. The summed E-state index contributed by atoms with van der Waals surface area (Å²) in [5.41, 5.74) is 12.3. The van der Waals surface area contributed by atoms with Gasteiger partial charge in [0.25, 0.3) is 29.5 Å². The number of likely N-dealkylation sites (N-methyl/N-ethyl adjacent to an activating group) is 1. The molecule has 25 heteroatoms. The first-order valence-corrected chi connectivity index (χ1v) is 40.7. The lowest BCUT2D eigenvalue weighted by atomic mass is 9.93. The van der Waals surface area contributed by atoms with Gasteiger partial charge in [-0.25, -0.2) is 12.6 Å². The highest BCUT2D eigenvalue weighted by Crippen LogP contribution is 2.47. The van der Waals surface area contributed by atoms with E-state index in [4.69, 9.17) is 37.9 Å². The average molecular weight is 1580 g/mol.